The summed E-state index contributed by atoms with van der Waals surface area (Å²) in [6, 6.07) is 6.31. The Kier molecular flexibility index (Phi) is 3.94. The zero-order valence-corrected chi connectivity index (χ0v) is 9.89. The number of rotatable bonds is 3. The summed E-state index contributed by atoms with van der Waals surface area (Å²) >= 11 is 3.52. The molecule has 0 heterocycles. The van der Waals surface area contributed by atoms with Crippen molar-refractivity contribution in [1.29, 1.82) is 0 Å². The quantitative estimate of drug-likeness (QED) is 0.786. The maximum atomic E-state index is 5.52. The summed E-state index contributed by atoms with van der Waals surface area (Å²) in [6.07, 6.45) is 0.285. The van der Waals surface area contributed by atoms with Gasteiger partial charge in [0.05, 0.1) is 12.7 Å². The van der Waals surface area contributed by atoms with E-state index in [1.54, 1.807) is 0 Å². The van der Waals surface area contributed by atoms with Crippen LogP contribution in [0.25, 0.3) is 0 Å². The fourth-order valence-corrected chi connectivity index (χ4v) is 1.63. The van der Waals surface area contributed by atoms with Gasteiger partial charge in [-0.25, -0.2) is 0 Å². The van der Waals surface area contributed by atoms with Gasteiger partial charge in [-0.15, -0.1) is 0 Å². The number of ether oxygens (including phenoxy) is 1. The lowest BCUT2D eigenvalue weighted by molar-refractivity contribution is 0.0653. The molecule has 0 unspecified atom stereocenters. The van der Waals surface area contributed by atoms with Gasteiger partial charge < -0.3 is 4.74 Å². The lowest BCUT2D eigenvalue weighted by Crippen LogP contribution is -2.02. The Balaban J connectivity index is 2.67. The van der Waals surface area contributed by atoms with Crippen LogP contribution < -0.4 is 0 Å². The van der Waals surface area contributed by atoms with E-state index >= 15 is 0 Å². The van der Waals surface area contributed by atoms with Crippen LogP contribution in [0, 0.1) is 6.92 Å². The molecule has 2 heteroatoms. The molecule has 72 valence electrons. The minimum absolute atomic E-state index is 0.285. The summed E-state index contributed by atoms with van der Waals surface area (Å²) in [6.45, 7) is 6.85. The van der Waals surface area contributed by atoms with Gasteiger partial charge in [-0.1, -0.05) is 28.1 Å². The monoisotopic (exact) mass is 242 g/mol. The molecule has 0 amide bonds. The van der Waals surface area contributed by atoms with E-state index in [0.717, 1.165) is 4.47 Å². The molecule has 0 aromatic heterocycles. The number of aryl methyl sites for hydroxylation is 1. The lowest BCUT2D eigenvalue weighted by atomic mass is 10.2. The number of benzene rings is 1. The highest BCUT2D eigenvalue weighted by Crippen LogP contribution is 2.19. The fourth-order valence-electron chi connectivity index (χ4n) is 1.03. The van der Waals surface area contributed by atoms with Crippen LogP contribution in [0.4, 0.5) is 0 Å². The van der Waals surface area contributed by atoms with E-state index in [0.29, 0.717) is 6.61 Å². The van der Waals surface area contributed by atoms with Gasteiger partial charge in [0.1, 0.15) is 0 Å². The Bertz CT molecular complexity index is 281. The Morgan fingerprint density at radius 3 is 2.62 bits per heavy atom. The van der Waals surface area contributed by atoms with E-state index in [9.17, 15) is 0 Å². The van der Waals surface area contributed by atoms with Gasteiger partial charge in [0.15, 0.2) is 0 Å². The molecule has 0 aliphatic rings. The second-order valence-corrected chi connectivity index (χ2v) is 4.31. The molecule has 0 N–H and O–H groups in total. The second-order valence-electron chi connectivity index (χ2n) is 3.45. The van der Waals surface area contributed by atoms with E-state index in [1.807, 2.05) is 13.8 Å². The highest BCUT2D eigenvalue weighted by molar-refractivity contribution is 9.10. The van der Waals surface area contributed by atoms with E-state index < -0.39 is 0 Å². The first kappa shape index (κ1) is 10.7. The average molecular weight is 243 g/mol. The molecule has 0 bridgehead atoms. The predicted octanol–water partition coefficient (Wildman–Crippen LogP) is 3.68. The molecule has 0 saturated heterocycles. The van der Waals surface area contributed by atoms with Crippen molar-refractivity contribution in [2.75, 3.05) is 0 Å². The molecule has 0 fully saturated rings. The summed E-state index contributed by atoms with van der Waals surface area (Å²) in [5, 5.41) is 0. The Labute approximate surface area is 88.2 Å². The molecular weight excluding hydrogens is 228 g/mol. The minimum Gasteiger partial charge on any atom is -0.374 e. The molecule has 0 spiro atoms. The maximum Gasteiger partial charge on any atom is 0.0731 e. The summed E-state index contributed by atoms with van der Waals surface area (Å²) < 4.78 is 6.65. The third kappa shape index (κ3) is 3.49. The van der Waals surface area contributed by atoms with Gasteiger partial charge in [0, 0.05) is 4.47 Å². The highest BCUT2D eigenvalue weighted by atomic mass is 79.9. The molecule has 1 aromatic rings. The second kappa shape index (κ2) is 4.77. The van der Waals surface area contributed by atoms with Crippen LogP contribution in [0.3, 0.4) is 0 Å². The van der Waals surface area contributed by atoms with Gasteiger partial charge in [-0.2, -0.15) is 0 Å². The predicted molar refractivity (Wildman–Crippen MR) is 58.8 cm³/mol. The van der Waals surface area contributed by atoms with Crippen molar-refractivity contribution in [3.63, 3.8) is 0 Å². The molecular formula is C11H15BrO. The van der Waals surface area contributed by atoms with E-state index in [2.05, 4.69) is 41.1 Å². The van der Waals surface area contributed by atoms with E-state index in [-0.39, 0.29) is 6.10 Å². The smallest absolute Gasteiger partial charge is 0.0731 e. The molecule has 0 radical (unpaired) electrons. The van der Waals surface area contributed by atoms with Crippen molar-refractivity contribution in [3.8, 4) is 0 Å². The van der Waals surface area contributed by atoms with Crippen LogP contribution in [0.2, 0.25) is 0 Å². The van der Waals surface area contributed by atoms with Crippen LogP contribution in [0.1, 0.15) is 25.0 Å². The van der Waals surface area contributed by atoms with Gasteiger partial charge in [-0.05, 0) is 38.0 Å². The van der Waals surface area contributed by atoms with Crippen molar-refractivity contribution in [2.24, 2.45) is 0 Å². The average Bonchev–Trinajstić information content (AvgIpc) is 2.02. The Morgan fingerprint density at radius 2 is 2.08 bits per heavy atom. The first-order valence-corrected chi connectivity index (χ1v) is 5.25. The molecule has 0 saturated carbocycles. The van der Waals surface area contributed by atoms with Crippen LogP contribution in [0.5, 0.6) is 0 Å². The molecule has 13 heavy (non-hydrogen) atoms. The van der Waals surface area contributed by atoms with Crippen molar-refractivity contribution in [1.82, 2.24) is 0 Å². The minimum atomic E-state index is 0.285. The molecule has 0 aliphatic heterocycles. The fraction of sp³-hybridized carbons (Fsp3) is 0.455. The van der Waals surface area contributed by atoms with Crippen molar-refractivity contribution >= 4 is 15.9 Å². The van der Waals surface area contributed by atoms with Crippen LogP contribution in [-0.4, -0.2) is 6.10 Å². The van der Waals surface area contributed by atoms with Gasteiger partial charge in [0.25, 0.3) is 0 Å². The first-order chi connectivity index (χ1) is 6.09. The first-order valence-electron chi connectivity index (χ1n) is 4.46. The van der Waals surface area contributed by atoms with Crippen molar-refractivity contribution in [3.05, 3.63) is 33.8 Å². The maximum absolute atomic E-state index is 5.52. The number of hydrogen-bond acceptors (Lipinski definition) is 1. The van der Waals surface area contributed by atoms with E-state index in [4.69, 9.17) is 4.74 Å². The Hall–Kier alpha value is -0.340. The van der Waals surface area contributed by atoms with E-state index in [1.165, 1.54) is 11.1 Å². The number of hydrogen-bond donors (Lipinski definition) is 0. The molecule has 1 aromatic carbocycles. The zero-order chi connectivity index (χ0) is 9.84. The lowest BCUT2D eigenvalue weighted by Gasteiger charge is -2.09. The SMILES string of the molecule is Cc1ccc(COC(C)C)c(Br)c1. The topological polar surface area (TPSA) is 9.23 Å². The Morgan fingerprint density at radius 1 is 1.38 bits per heavy atom. The van der Waals surface area contributed by atoms with Gasteiger partial charge in [-0.3, -0.25) is 0 Å². The molecule has 0 atom stereocenters. The molecule has 1 nitrogen and oxygen atoms in total. The summed E-state index contributed by atoms with van der Waals surface area (Å²) in [5.41, 5.74) is 2.47. The van der Waals surface area contributed by atoms with Crippen LogP contribution >= 0.6 is 15.9 Å². The summed E-state index contributed by atoms with van der Waals surface area (Å²) in [4.78, 5) is 0. The standard InChI is InChI=1S/C11H15BrO/c1-8(2)13-7-10-5-4-9(3)6-11(10)12/h4-6,8H,7H2,1-3H3. The van der Waals surface area contributed by atoms with Crippen LogP contribution in [-0.2, 0) is 11.3 Å². The summed E-state index contributed by atoms with van der Waals surface area (Å²) in [7, 11) is 0. The normalized spacial score (nSPS) is 10.8. The zero-order valence-electron chi connectivity index (χ0n) is 8.30. The highest BCUT2D eigenvalue weighted by Gasteiger charge is 2.01. The third-order valence-electron chi connectivity index (χ3n) is 1.78. The van der Waals surface area contributed by atoms with Gasteiger partial charge in [0.2, 0.25) is 0 Å². The van der Waals surface area contributed by atoms with Crippen molar-refractivity contribution < 1.29 is 4.74 Å². The largest absolute Gasteiger partial charge is 0.374 e. The molecule has 1 rings (SSSR count). The van der Waals surface area contributed by atoms with Crippen molar-refractivity contribution in [2.45, 2.75) is 33.5 Å². The van der Waals surface area contributed by atoms with Gasteiger partial charge >= 0.3 is 0 Å². The third-order valence-corrected chi connectivity index (χ3v) is 2.52. The number of halogens is 1. The summed E-state index contributed by atoms with van der Waals surface area (Å²) in [5.74, 6) is 0. The molecule has 0 aliphatic carbocycles. The van der Waals surface area contributed by atoms with Crippen LogP contribution in [0.15, 0.2) is 22.7 Å².